The molecular formula is C24H36N2O3. The Labute approximate surface area is 175 Å². The summed E-state index contributed by atoms with van der Waals surface area (Å²) < 4.78 is 5.45. The van der Waals surface area contributed by atoms with Crippen LogP contribution >= 0.6 is 0 Å². The molecule has 5 nitrogen and oxygen atoms in total. The number of benzene rings is 1. The predicted octanol–water partition coefficient (Wildman–Crippen LogP) is 5.09. The normalized spacial score (nSPS) is 20.8. The highest BCUT2D eigenvalue weighted by Gasteiger charge is 2.36. The average molecular weight is 401 g/mol. The van der Waals surface area contributed by atoms with Gasteiger partial charge in [-0.15, -0.1) is 0 Å². The van der Waals surface area contributed by atoms with Gasteiger partial charge < -0.3 is 9.64 Å². The van der Waals surface area contributed by atoms with E-state index in [2.05, 4.69) is 17.9 Å². The lowest BCUT2D eigenvalue weighted by Gasteiger charge is -2.31. The zero-order valence-corrected chi connectivity index (χ0v) is 18.7. The minimum atomic E-state index is -0.520. The molecule has 0 N–H and O–H groups in total. The van der Waals surface area contributed by atoms with Crippen molar-refractivity contribution in [1.82, 2.24) is 4.90 Å². The molecule has 1 aromatic rings. The first-order valence-electron chi connectivity index (χ1n) is 11.0. The van der Waals surface area contributed by atoms with Crippen molar-refractivity contribution in [3.63, 3.8) is 0 Å². The number of hydrogen-bond acceptors (Lipinski definition) is 3. The van der Waals surface area contributed by atoms with E-state index in [1.807, 2.05) is 32.9 Å². The Bertz CT molecular complexity index is 747. The largest absolute Gasteiger partial charge is 0.443 e. The second-order valence-electron chi connectivity index (χ2n) is 9.66. The molecule has 2 aliphatic rings. The van der Waals surface area contributed by atoms with Gasteiger partial charge in [0.1, 0.15) is 5.60 Å². The molecule has 1 aliphatic heterocycles. The van der Waals surface area contributed by atoms with E-state index in [1.54, 1.807) is 7.05 Å². The Hall–Kier alpha value is -2.04. The SMILES string of the molecule is Cc1cc(N(C)C(=O)OC(C)(C)C)ccc1CC1CCN(C2CCCCC2)C1=O. The molecule has 1 aliphatic carbocycles. The Morgan fingerprint density at radius 2 is 1.86 bits per heavy atom. The molecule has 1 heterocycles. The van der Waals surface area contributed by atoms with Crippen LogP contribution in [0.25, 0.3) is 0 Å². The molecule has 1 saturated carbocycles. The van der Waals surface area contributed by atoms with Crippen LogP contribution in [0.1, 0.15) is 70.4 Å². The van der Waals surface area contributed by atoms with E-state index < -0.39 is 5.60 Å². The van der Waals surface area contributed by atoms with Crippen molar-refractivity contribution in [1.29, 1.82) is 0 Å². The Balaban J connectivity index is 1.63. The number of carbonyl (C=O) groups is 2. The fraction of sp³-hybridized carbons (Fsp3) is 0.667. The highest BCUT2D eigenvalue weighted by molar-refractivity contribution is 5.87. The van der Waals surface area contributed by atoms with E-state index in [9.17, 15) is 9.59 Å². The molecule has 3 rings (SSSR count). The molecule has 160 valence electrons. The van der Waals surface area contributed by atoms with Gasteiger partial charge in [-0.1, -0.05) is 25.3 Å². The lowest BCUT2D eigenvalue weighted by Crippen LogP contribution is -2.39. The maximum Gasteiger partial charge on any atom is 0.414 e. The number of rotatable bonds is 4. The molecule has 0 aromatic heterocycles. The number of aryl methyl sites for hydroxylation is 1. The molecule has 1 aromatic carbocycles. The number of hydrogen-bond donors (Lipinski definition) is 0. The second-order valence-corrected chi connectivity index (χ2v) is 9.66. The smallest absolute Gasteiger partial charge is 0.414 e. The number of likely N-dealkylation sites (tertiary alicyclic amines) is 1. The number of nitrogens with zero attached hydrogens (tertiary/aromatic N) is 2. The van der Waals surface area contributed by atoms with Crippen LogP contribution in [0.3, 0.4) is 0 Å². The predicted molar refractivity (Wildman–Crippen MR) is 116 cm³/mol. The first-order valence-corrected chi connectivity index (χ1v) is 11.0. The first kappa shape index (κ1) is 21.7. The van der Waals surface area contributed by atoms with Crippen LogP contribution in [-0.4, -0.2) is 42.1 Å². The fourth-order valence-electron chi connectivity index (χ4n) is 4.53. The lowest BCUT2D eigenvalue weighted by atomic mass is 9.93. The molecule has 5 heteroatoms. The minimum Gasteiger partial charge on any atom is -0.443 e. The third kappa shape index (κ3) is 5.31. The van der Waals surface area contributed by atoms with Crippen molar-refractivity contribution in [2.24, 2.45) is 5.92 Å². The first-order chi connectivity index (χ1) is 13.7. The van der Waals surface area contributed by atoms with E-state index >= 15 is 0 Å². The van der Waals surface area contributed by atoms with Crippen LogP contribution in [0.5, 0.6) is 0 Å². The van der Waals surface area contributed by atoms with Gasteiger partial charge in [-0.3, -0.25) is 9.69 Å². The number of amides is 2. The average Bonchev–Trinajstić information content (AvgIpc) is 3.02. The molecule has 0 bridgehead atoms. The molecular weight excluding hydrogens is 364 g/mol. The van der Waals surface area contributed by atoms with Crippen molar-refractivity contribution >= 4 is 17.7 Å². The maximum atomic E-state index is 13.0. The summed E-state index contributed by atoms with van der Waals surface area (Å²) in [6.07, 6.45) is 7.53. The summed E-state index contributed by atoms with van der Waals surface area (Å²) in [6, 6.07) is 6.48. The van der Waals surface area contributed by atoms with Gasteiger partial charge in [0.25, 0.3) is 0 Å². The monoisotopic (exact) mass is 400 g/mol. The van der Waals surface area contributed by atoms with E-state index in [4.69, 9.17) is 4.74 Å². The van der Waals surface area contributed by atoms with Crippen molar-refractivity contribution in [3.05, 3.63) is 29.3 Å². The van der Waals surface area contributed by atoms with Crippen LogP contribution in [0, 0.1) is 12.8 Å². The summed E-state index contributed by atoms with van der Waals surface area (Å²) in [6.45, 7) is 8.56. The van der Waals surface area contributed by atoms with Gasteiger partial charge in [-0.25, -0.2) is 4.79 Å². The van der Waals surface area contributed by atoms with Crippen molar-refractivity contribution in [3.8, 4) is 0 Å². The molecule has 1 saturated heterocycles. The quantitative estimate of drug-likeness (QED) is 0.707. The van der Waals surface area contributed by atoms with Gasteiger partial charge >= 0.3 is 6.09 Å². The Morgan fingerprint density at radius 3 is 2.48 bits per heavy atom. The number of anilines is 1. The molecule has 2 fully saturated rings. The molecule has 0 spiro atoms. The maximum absolute atomic E-state index is 13.0. The van der Waals surface area contributed by atoms with Crippen LogP contribution in [-0.2, 0) is 16.0 Å². The van der Waals surface area contributed by atoms with E-state index in [0.29, 0.717) is 11.9 Å². The minimum absolute atomic E-state index is 0.0880. The molecule has 2 amide bonds. The van der Waals surface area contributed by atoms with E-state index in [1.165, 1.54) is 42.6 Å². The summed E-state index contributed by atoms with van der Waals surface area (Å²) in [5.41, 5.74) is 2.59. The third-order valence-corrected chi connectivity index (χ3v) is 6.21. The lowest BCUT2D eigenvalue weighted by molar-refractivity contribution is -0.133. The summed E-state index contributed by atoms with van der Waals surface area (Å²) >= 11 is 0. The Kier molecular flexibility index (Phi) is 6.55. The van der Waals surface area contributed by atoms with Gasteiger partial charge in [0.15, 0.2) is 0 Å². The van der Waals surface area contributed by atoms with Crippen LogP contribution in [0.15, 0.2) is 18.2 Å². The number of ether oxygens (including phenoxy) is 1. The molecule has 0 radical (unpaired) electrons. The topological polar surface area (TPSA) is 49.9 Å². The van der Waals surface area contributed by atoms with Gasteiger partial charge in [-0.2, -0.15) is 0 Å². The highest BCUT2D eigenvalue weighted by Crippen LogP contribution is 2.31. The molecule has 1 atom stereocenters. The zero-order valence-electron chi connectivity index (χ0n) is 18.7. The summed E-state index contributed by atoms with van der Waals surface area (Å²) in [7, 11) is 1.73. The molecule has 29 heavy (non-hydrogen) atoms. The van der Waals surface area contributed by atoms with Gasteiger partial charge in [0.05, 0.1) is 0 Å². The zero-order chi connectivity index (χ0) is 21.2. The van der Waals surface area contributed by atoms with Crippen LogP contribution in [0.2, 0.25) is 0 Å². The standard InChI is InChI=1S/C24H36N2O3/c1-17-15-21(25(5)23(28)29-24(2,3)4)12-11-18(17)16-19-13-14-26(22(19)27)20-9-7-6-8-10-20/h11-12,15,19-20H,6-10,13-14,16H2,1-5H3. The number of carbonyl (C=O) groups excluding carboxylic acids is 2. The van der Waals surface area contributed by atoms with Crippen LogP contribution < -0.4 is 4.90 Å². The van der Waals surface area contributed by atoms with Crippen molar-refractivity contribution in [2.75, 3.05) is 18.5 Å². The Morgan fingerprint density at radius 1 is 1.17 bits per heavy atom. The summed E-state index contributed by atoms with van der Waals surface area (Å²) in [4.78, 5) is 29.0. The summed E-state index contributed by atoms with van der Waals surface area (Å²) in [5.74, 6) is 0.427. The van der Waals surface area contributed by atoms with Gasteiger partial charge in [0, 0.05) is 31.2 Å². The van der Waals surface area contributed by atoms with Gasteiger partial charge in [-0.05, 0) is 76.6 Å². The van der Waals surface area contributed by atoms with Crippen molar-refractivity contribution < 1.29 is 14.3 Å². The second kappa shape index (κ2) is 8.76. The van der Waals surface area contributed by atoms with E-state index in [0.717, 1.165) is 30.6 Å². The third-order valence-electron chi connectivity index (χ3n) is 6.21. The van der Waals surface area contributed by atoms with E-state index in [-0.39, 0.29) is 12.0 Å². The molecule has 1 unspecified atom stereocenters. The van der Waals surface area contributed by atoms with Crippen LogP contribution in [0.4, 0.5) is 10.5 Å². The summed E-state index contributed by atoms with van der Waals surface area (Å²) in [5, 5.41) is 0. The van der Waals surface area contributed by atoms with Crippen molar-refractivity contribution in [2.45, 2.75) is 84.3 Å². The van der Waals surface area contributed by atoms with Gasteiger partial charge in [0.2, 0.25) is 5.91 Å². The highest BCUT2D eigenvalue weighted by atomic mass is 16.6. The fourth-order valence-corrected chi connectivity index (χ4v) is 4.53.